The van der Waals surface area contributed by atoms with Crippen LogP contribution < -0.4 is 28.4 Å². The van der Waals surface area contributed by atoms with Crippen LogP contribution in [0.5, 0.6) is 34.5 Å². The molecule has 3 aliphatic heterocycles. The minimum absolute atomic E-state index is 0. The molecule has 1 saturated heterocycles. The summed E-state index contributed by atoms with van der Waals surface area (Å²) in [6.45, 7) is 3.21. The fraction of sp³-hybridized carbons (Fsp3) is 0.517. The van der Waals surface area contributed by atoms with E-state index >= 15 is 0 Å². The second kappa shape index (κ2) is 11.8. The predicted octanol–water partition coefficient (Wildman–Crippen LogP) is 2.39. The molecule has 0 aliphatic carbocycles. The van der Waals surface area contributed by atoms with Crippen molar-refractivity contribution in [3.8, 4) is 34.5 Å². The first-order chi connectivity index (χ1) is 19.2. The number of carbonyl (C=O) groups excluding carboxylic acids is 2. The second-order valence-corrected chi connectivity index (χ2v) is 10.2. The van der Waals surface area contributed by atoms with E-state index in [0.29, 0.717) is 51.9 Å². The first kappa shape index (κ1) is 31.7. The number of ether oxygens (including phenoxy) is 6. The molecule has 3 aliphatic rings. The number of nitrogens with zero attached hydrogens (tertiary/aromatic N) is 2. The van der Waals surface area contributed by atoms with Crippen LogP contribution in [-0.4, -0.2) is 95.0 Å². The number of ketones is 1. The summed E-state index contributed by atoms with van der Waals surface area (Å²) in [7, 11) is 11.0. The second-order valence-electron chi connectivity index (χ2n) is 10.2. The number of methoxy groups -OCH3 is 6. The third-order valence-corrected chi connectivity index (χ3v) is 8.70. The van der Waals surface area contributed by atoms with E-state index < -0.39 is 30.8 Å². The Balaban J connectivity index is 0.00000387. The maximum absolute atomic E-state index is 14.7. The van der Waals surface area contributed by atoms with Crippen LogP contribution in [0.15, 0.2) is 0 Å². The van der Waals surface area contributed by atoms with Crippen molar-refractivity contribution in [2.24, 2.45) is 0 Å². The zero-order valence-electron chi connectivity index (χ0n) is 24.9. The number of piperazine rings is 1. The molecule has 2 bridgehead atoms. The van der Waals surface area contributed by atoms with Crippen molar-refractivity contribution in [1.29, 1.82) is 0 Å². The van der Waals surface area contributed by atoms with Crippen molar-refractivity contribution < 1.29 is 87.2 Å². The summed E-state index contributed by atoms with van der Waals surface area (Å²) >= 11 is 0. The number of rotatable bonds is 7. The largest absolute Gasteiger partial charge is 0.496 e. The van der Waals surface area contributed by atoms with Crippen molar-refractivity contribution in [2.45, 2.75) is 44.4 Å². The van der Waals surface area contributed by atoms with Crippen molar-refractivity contribution in [2.75, 3.05) is 56.3 Å². The van der Waals surface area contributed by atoms with Gasteiger partial charge in [-0.05, 0) is 20.9 Å². The van der Waals surface area contributed by atoms with Crippen LogP contribution in [0.25, 0.3) is 0 Å². The van der Waals surface area contributed by atoms with E-state index in [1.165, 1.54) is 26.2 Å². The smallest absolute Gasteiger partial charge is 0.241 e. The molecule has 1 fully saturated rings. The van der Waals surface area contributed by atoms with E-state index in [0.717, 1.165) is 11.1 Å². The first-order valence-electron chi connectivity index (χ1n) is 13.0. The van der Waals surface area contributed by atoms with Gasteiger partial charge in [0, 0.05) is 78.3 Å². The number of carbonyl (C=O) groups is 2. The average Bonchev–Trinajstić information content (AvgIpc) is 2.95. The maximum Gasteiger partial charge on any atom is 0.241 e. The number of Topliss-reactive ketones (excluding diaryl/α,β-unsaturated/α-hetero) is 1. The number of aliphatic hydroxyl groups is 1. The molecule has 1 radical (unpaired) electrons. The normalized spacial score (nSPS) is 22.6. The Hall–Kier alpha value is -2.26. The quantitative estimate of drug-likeness (QED) is 0.449. The van der Waals surface area contributed by atoms with Gasteiger partial charge >= 0.3 is 0 Å². The van der Waals surface area contributed by atoms with Crippen LogP contribution in [0.4, 0.5) is 0 Å². The van der Waals surface area contributed by atoms with Gasteiger partial charge < -0.3 is 38.4 Å². The van der Waals surface area contributed by atoms with Crippen molar-refractivity contribution >= 4 is 11.7 Å². The maximum atomic E-state index is 14.7. The molecule has 0 spiro atoms. The number of fused-ring (bicyclic) bond motifs is 7. The fourth-order valence-corrected chi connectivity index (χ4v) is 7.13. The zero-order chi connectivity index (χ0) is 29.2. The molecule has 41 heavy (non-hydrogen) atoms. The number of likely N-dealkylation sites (N-methyl/N-ethyl adjacent to an activating group) is 1. The van der Waals surface area contributed by atoms with Crippen molar-refractivity contribution in [3.05, 3.63) is 33.4 Å². The molecule has 3 heterocycles. The van der Waals surface area contributed by atoms with Crippen LogP contribution in [0.3, 0.4) is 0 Å². The van der Waals surface area contributed by atoms with Crippen molar-refractivity contribution in [1.82, 2.24) is 9.80 Å². The Labute approximate surface area is 275 Å². The summed E-state index contributed by atoms with van der Waals surface area (Å²) in [5.74, 6) is 1.94. The van der Waals surface area contributed by atoms with Gasteiger partial charge in [-0.25, -0.2) is 0 Å². The minimum Gasteiger partial charge on any atom is -0.496 e. The number of hydrogen-bond acceptors (Lipinski definition) is 10. The van der Waals surface area contributed by atoms with Gasteiger partial charge in [-0.1, -0.05) is 0 Å². The molecule has 2 aromatic rings. The van der Waals surface area contributed by atoms with Crippen LogP contribution >= 0.6 is 0 Å². The summed E-state index contributed by atoms with van der Waals surface area (Å²) in [6, 6.07) is -3.12. The van der Waals surface area contributed by atoms with Gasteiger partial charge in [0.25, 0.3) is 0 Å². The Bertz CT molecular complexity index is 1410. The zero-order valence-corrected chi connectivity index (χ0v) is 29.7. The molecule has 5 rings (SSSR count). The van der Waals surface area contributed by atoms with Gasteiger partial charge in [-0.3, -0.25) is 14.5 Å². The van der Waals surface area contributed by atoms with Gasteiger partial charge in [0.2, 0.25) is 5.91 Å². The molecule has 2 aromatic carbocycles. The van der Waals surface area contributed by atoms with Gasteiger partial charge in [-0.2, -0.15) is 0 Å². The first-order valence-corrected chi connectivity index (χ1v) is 13.0. The third kappa shape index (κ3) is 4.15. The number of amides is 1. The number of aliphatic hydroxyl groups excluding tert-OH is 1. The molecule has 0 saturated carbocycles. The SMILES string of the molecule is COc1c(C)c(OC)c(OC)c2c1C[C@H]1C(=O)N3C(C(=O)c4c(OC)c(C)c(OC)c(OC)c4[C@@H]3CO)[C@@H]2N1C.[Ac]. The molecule has 1 unspecified atom stereocenters. The average molecular weight is 784 g/mol. The molecule has 219 valence electrons. The Morgan fingerprint density at radius 2 is 1.22 bits per heavy atom. The molecular formula is C29H36AcN2O9. The van der Waals surface area contributed by atoms with E-state index in [9.17, 15) is 14.7 Å². The predicted molar refractivity (Wildman–Crippen MR) is 144 cm³/mol. The summed E-state index contributed by atoms with van der Waals surface area (Å²) in [5, 5.41) is 10.8. The van der Waals surface area contributed by atoms with Crippen LogP contribution in [-0.2, 0) is 11.2 Å². The standard InChI is InChI=1S/C29H36N2O9.Ac/c1-12-23(35-4)14-10-15-29(34)31-16(11-32)18-19(24(36-5)13(2)26(38-7)28(18)40-9)22(33)21(31)20(30(15)3)17(14)27(39-8)25(12)37-6;/h15-16,20-21,32H,10-11H2,1-9H3;/t15-,16-,20+,21?;/m0./s1. The van der Waals surface area contributed by atoms with E-state index in [1.807, 2.05) is 18.9 Å². The minimum atomic E-state index is -1.00. The molecule has 1 amide bonds. The molecule has 0 aromatic heterocycles. The molecule has 11 nitrogen and oxygen atoms in total. The van der Waals surface area contributed by atoms with Gasteiger partial charge in [0.1, 0.15) is 17.5 Å². The van der Waals surface area contributed by atoms with Gasteiger partial charge in [-0.15, -0.1) is 0 Å². The molecule has 1 N–H and O–H groups in total. The van der Waals surface area contributed by atoms with E-state index in [2.05, 4.69) is 0 Å². The van der Waals surface area contributed by atoms with Crippen LogP contribution in [0, 0.1) is 57.9 Å². The summed E-state index contributed by atoms with van der Waals surface area (Å²) < 4.78 is 34.7. The Kier molecular flexibility index (Phi) is 9.11. The Morgan fingerprint density at radius 3 is 1.71 bits per heavy atom. The van der Waals surface area contributed by atoms with Crippen LogP contribution in [0.2, 0.25) is 0 Å². The van der Waals surface area contributed by atoms with Crippen LogP contribution in [0.1, 0.15) is 50.3 Å². The summed E-state index contributed by atoms with van der Waals surface area (Å²) in [4.78, 5) is 32.4. The molecule has 12 heteroatoms. The topological polar surface area (TPSA) is 116 Å². The van der Waals surface area contributed by atoms with E-state index in [4.69, 9.17) is 28.4 Å². The third-order valence-electron chi connectivity index (χ3n) is 8.70. The van der Waals surface area contributed by atoms with Gasteiger partial charge in [0.05, 0.1) is 73.0 Å². The summed E-state index contributed by atoms with van der Waals surface area (Å²) in [6.07, 6.45) is 0.325. The van der Waals surface area contributed by atoms with E-state index in [-0.39, 0.29) is 67.1 Å². The monoisotopic (exact) mass is 783 g/mol. The van der Waals surface area contributed by atoms with E-state index in [1.54, 1.807) is 28.3 Å². The number of benzene rings is 2. The van der Waals surface area contributed by atoms with Gasteiger partial charge in [0.15, 0.2) is 28.8 Å². The fourth-order valence-electron chi connectivity index (χ4n) is 7.13. The Morgan fingerprint density at radius 1 is 0.732 bits per heavy atom. The number of hydrogen-bond donors (Lipinski definition) is 1. The molecule has 4 atom stereocenters. The van der Waals surface area contributed by atoms with Crippen molar-refractivity contribution in [3.63, 3.8) is 0 Å². The summed E-state index contributed by atoms with van der Waals surface area (Å²) in [5.41, 5.74) is 3.46. The molecular weight excluding hydrogens is 747 g/mol.